The van der Waals surface area contributed by atoms with Crippen LogP contribution in [0.1, 0.15) is 0 Å². The first-order chi connectivity index (χ1) is 12.6. The lowest BCUT2D eigenvalue weighted by Gasteiger charge is -2.36. The maximum absolute atomic E-state index is 13.9. The second-order valence-corrected chi connectivity index (χ2v) is 6.01. The molecule has 1 heterocycles. The molecule has 0 N–H and O–H groups in total. The quantitative estimate of drug-likeness (QED) is 0.661. The smallest absolute Gasteiger partial charge is 0.312 e. The summed E-state index contributed by atoms with van der Waals surface area (Å²) in [6.07, 6.45) is 0. The van der Waals surface area contributed by atoms with Gasteiger partial charge in [-0.05, 0) is 12.1 Å². The number of halogens is 1. The van der Waals surface area contributed by atoms with Crippen LogP contribution < -0.4 is 4.90 Å². The normalized spacial score (nSPS) is 14.4. The van der Waals surface area contributed by atoms with Crippen LogP contribution in [0.2, 0.25) is 0 Å². The number of hydrogen-bond donors (Lipinski definition) is 0. The second kappa shape index (κ2) is 10.1. The van der Waals surface area contributed by atoms with E-state index in [9.17, 15) is 14.0 Å². The summed E-state index contributed by atoms with van der Waals surface area (Å²) in [5.74, 6) is -1.38. The zero-order valence-corrected chi connectivity index (χ0v) is 15.3. The molecule has 0 aliphatic carbocycles. The summed E-state index contributed by atoms with van der Waals surface area (Å²) in [5.41, 5.74) is 0.521. The van der Waals surface area contributed by atoms with Crippen molar-refractivity contribution in [1.29, 1.82) is 0 Å². The van der Waals surface area contributed by atoms with E-state index in [2.05, 4.69) is 0 Å². The van der Waals surface area contributed by atoms with Gasteiger partial charge in [-0.15, -0.1) is 0 Å². The summed E-state index contributed by atoms with van der Waals surface area (Å²) in [6.45, 7) is 3.08. The topological polar surface area (TPSA) is 62.3 Å². The van der Waals surface area contributed by atoms with E-state index in [1.807, 2.05) is 4.90 Å². The zero-order valence-electron chi connectivity index (χ0n) is 15.3. The first-order valence-electron chi connectivity index (χ1n) is 8.64. The minimum atomic E-state index is -0.557. The van der Waals surface area contributed by atoms with Crippen LogP contribution >= 0.6 is 0 Å². The molecule has 1 saturated heterocycles. The van der Waals surface area contributed by atoms with Crippen molar-refractivity contribution in [2.45, 2.75) is 0 Å². The lowest BCUT2D eigenvalue weighted by Crippen LogP contribution is -2.54. The fourth-order valence-electron chi connectivity index (χ4n) is 2.85. The maximum atomic E-state index is 13.9. The van der Waals surface area contributed by atoms with E-state index in [4.69, 9.17) is 9.47 Å². The molecule has 2 amide bonds. The van der Waals surface area contributed by atoms with Crippen LogP contribution in [0.25, 0.3) is 0 Å². The highest BCUT2D eigenvalue weighted by molar-refractivity contribution is 6.34. The van der Waals surface area contributed by atoms with Crippen LogP contribution in [0, 0.1) is 5.82 Å². The zero-order chi connectivity index (χ0) is 18.9. The van der Waals surface area contributed by atoms with Crippen LogP contribution in [-0.2, 0) is 19.1 Å². The van der Waals surface area contributed by atoms with E-state index in [0.29, 0.717) is 58.2 Å². The first-order valence-corrected chi connectivity index (χ1v) is 8.64. The average molecular weight is 367 g/mol. The van der Waals surface area contributed by atoms with Gasteiger partial charge in [0.2, 0.25) is 0 Å². The molecule has 1 aliphatic rings. The molecule has 1 aromatic rings. The number of nitrogens with zero attached hydrogens (tertiary/aromatic N) is 3. The van der Waals surface area contributed by atoms with Gasteiger partial charge in [-0.25, -0.2) is 4.39 Å². The Labute approximate surface area is 153 Å². The summed E-state index contributed by atoms with van der Waals surface area (Å²) in [6, 6.07) is 6.56. The Kier molecular flexibility index (Phi) is 7.80. The SMILES string of the molecule is COCCN(CCOC)C(=O)C(=O)N1CCN(c2ccccc2F)CC1. The summed E-state index contributed by atoms with van der Waals surface area (Å²) < 4.78 is 23.9. The van der Waals surface area contributed by atoms with Gasteiger partial charge in [-0.3, -0.25) is 9.59 Å². The molecular weight excluding hydrogens is 341 g/mol. The second-order valence-electron chi connectivity index (χ2n) is 6.01. The van der Waals surface area contributed by atoms with Crippen molar-refractivity contribution >= 4 is 17.5 Å². The van der Waals surface area contributed by atoms with Gasteiger partial charge in [-0.1, -0.05) is 12.1 Å². The molecule has 26 heavy (non-hydrogen) atoms. The number of hydrogen-bond acceptors (Lipinski definition) is 5. The molecule has 144 valence electrons. The number of ether oxygens (including phenoxy) is 2. The van der Waals surface area contributed by atoms with Gasteiger partial charge in [0.15, 0.2) is 0 Å². The molecule has 0 aromatic heterocycles. The van der Waals surface area contributed by atoms with Crippen molar-refractivity contribution in [3.63, 3.8) is 0 Å². The standard InChI is InChI=1S/C18H26FN3O4/c1-25-13-11-22(12-14-26-2)18(24)17(23)21-9-7-20(8-10-21)16-6-4-3-5-15(16)19/h3-6H,7-14H2,1-2H3. The van der Waals surface area contributed by atoms with Gasteiger partial charge >= 0.3 is 11.8 Å². The van der Waals surface area contributed by atoms with E-state index in [-0.39, 0.29) is 5.82 Å². The van der Waals surface area contributed by atoms with Crippen molar-refractivity contribution in [2.24, 2.45) is 0 Å². The molecule has 0 spiro atoms. The Morgan fingerprint density at radius 1 is 1.04 bits per heavy atom. The van der Waals surface area contributed by atoms with Crippen molar-refractivity contribution in [2.75, 3.05) is 71.6 Å². The molecule has 0 bridgehead atoms. The highest BCUT2D eigenvalue weighted by Gasteiger charge is 2.29. The third-order valence-electron chi connectivity index (χ3n) is 4.36. The molecule has 1 aromatic carbocycles. The number of para-hydroxylation sites is 1. The van der Waals surface area contributed by atoms with Gasteiger partial charge in [0.1, 0.15) is 5.82 Å². The molecule has 0 saturated carbocycles. The Morgan fingerprint density at radius 3 is 2.15 bits per heavy atom. The minimum Gasteiger partial charge on any atom is -0.383 e. The Balaban J connectivity index is 1.93. The van der Waals surface area contributed by atoms with Gasteiger partial charge in [-0.2, -0.15) is 0 Å². The lowest BCUT2D eigenvalue weighted by atomic mass is 10.2. The van der Waals surface area contributed by atoms with Crippen molar-refractivity contribution in [1.82, 2.24) is 9.80 Å². The largest absolute Gasteiger partial charge is 0.383 e. The third-order valence-corrected chi connectivity index (χ3v) is 4.36. The lowest BCUT2D eigenvalue weighted by molar-refractivity contribution is -0.152. The summed E-state index contributed by atoms with van der Waals surface area (Å²) in [4.78, 5) is 29.9. The number of carbonyl (C=O) groups excluding carboxylic acids is 2. The van der Waals surface area contributed by atoms with Crippen LogP contribution in [0.4, 0.5) is 10.1 Å². The molecular formula is C18H26FN3O4. The molecule has 7 nitrogen and oxygen atoms in total. The molecule has 2 rings (SSSR count). The molecule has 1 aliphatic heterocycles. The monoisotopic (exact) mass is 367 g/mol. The number of methoxy groups -OCH3 is 2. The number of amides is 2. The average Bonchev–Trinajstić information content (AvgIpc) is 2.67. The number of piperazine rings is 1. The van der Waals surface area contributed by atoms with Crippen molar-refractivity contribution in [3.05, 3.63) is 30.1 Å². The Bertz CT molecular complexity index is 598. The fraction of sp³-hybridized carbons (Fsp3) is 0.556. The molecule has 1 fully saturated rings. The van der Waals surface area contributed by atoms with E-state index >= 15 is 0 Å². The van der Waals surface area contributed by atoms with Gasteiger partial charge in [0, 0.05) is 53.5 Å². The van der Waals surface area contributed by atoms with E-state index in [1.54, 1.807) is 32.4 Å². The van der Waals surface area contributed by atoms with Crippen LogP contribution in [0.3, 0.4) is 0 Å². The maximum Gasteiger partial charge on any atom is 0.312 e. The van der Waals surface area contributed by atoms with Gasteiger partial charge in [0.05, 0.1) is 18.9 Å². The molecule has 0 atom stereocenters. The number of benzene rings is 1. The third kappa shape index (κ3) is 5.15. The Hall–Kier alpha value is -2.19. The number of carbonyl (C=O) groups is 2. The van der Waals surface area contributed by atoms with Gasteiger partial charge < -0.3 is 24.2 Å². The van der Waals surface area contributed by atoms with E-state index < -0.39 is 11.8 Å². The highest BCUT2D eigenvalue weighted by atomic mass is 19.1. The van der Waals surface area contributed by atoms with Crippen LogP contribution in [0.15, 0.2) is 24.3 Å². The predicted octanol–water partition coefficient (Wildman–Crippen LogP) is 0.596. The van der Waals surface area contributed by atoms with Crippen molar-refractivity contribution in [3.8, 4) is 0 Å². The molecule has 8 heteroatoms. The van der Waals surface area contributed by atoms with E-state index in [1.165, 1.54) is 15.9 Å². The highest BCUT2D eigenvalue weighted by Crippen LogP contribution is 2.20. The summed E-state index contributed by atoms with van der Waals surface area (Å²) in [7, 11) is 3.09. The van der Waals surface area contributed by atoms with Gasteiger partial charge in [0.25, 0.3) is 0 Å². The predicted molar refractivity (Wildman–Crippen MR) is 95.5 cm³/mol. The molecule has 0 unspecified atom stereocenters. The minimum absolute atomic E-state index is 0.284. The number of anilines is 1. The van der Waals surface area contributed by atoms with Crippen molar-refractivity contribution < 1.29 is 23.5 Å². The van der Waals surface area contributed by atoms with Crippen LogP contribution in [0.5, 0.6) is 0 Å². The summed E-state index contributed by atoms with van der Waals surface area (Å²) in [5, 5.41) is 0. The van der Waals surface area contributed by atoms with E-state index in [0.717, 1.165) is 0 Å². The fourth-order valence-corrected chi connectivity index (χ4v) is 2.85. The first kappa shape index (κ1) is 20.1. The molecule has 0 radical (unpaired) electrons. The Morgan fingerprint density at radius 2 is 1.62 bits per heavy atom. The van der Waals surface area contributed by atoms with Crippen LogP contribution in [-0.4, -0.2) is 88.3 Å². The number of rotatable bonds is 7. The summed E-state index contributed by atoms with van der Waals surface area (Å²) >= 11 is 0.